The molecule has 1 aliphatic heterocycles. The third kappa shape index (κ3) is 3.60. The van der Waals surface area contributed by atoms with Gasteiger partial charge >= 0.3 is 0 Å². The Morgan fingerprint density at radius 2 is 2.17 bits per heavy atom. The summed E-state index contributed by atoms with van der Waals surface area (Å²) in [5, 5.41) is 0.205. The average Bonchev–Trinajstić information content (AvgIpc) is 2.38. The van der Waals surface area contributed by atoms with Crippen LogP contribution in [0.15, 0.2) is 23.4 Å². The number of pyridine rings is 1. The lowest BCUT2D eigenvalue weighted by molar-refractivity contribution is 0.476. The van der Waals surface area contributed by atoms with Crippen molar-refractivity contribution in [2.45, 2.75) is 17.7 Å². The lowest BCUT2D eigenvalue weighted by Gasteiger charge is -2.21. The Bertz CT molecular complexity index is 502. The molecule has 1 aliphatic rings. The van der Waals surface area contributed by atoms with Crippen LogP contribution >= 0.6 is 23.4 Å². The van der Waals surface area contributed by atoms with Gasteiger partial charge in [0.15, 0.2) is 0 Å². The summed E-state index contributed by atoms with van der Waals surface area (Å²) in [4.78, 5) is 3.85. The van der Waals surface area contributed by atoms with E-state index in [9.17, 15) is 8.42 Å². The van der Waals surface area contributed by atoms with Crippen molar-refractivity contribution in [2.75, 3.05) is 18.1 Å². The van der Waals surface area contributed by atoms with Crippen LogP contribution in [0.1, 0.15) is 12.8 Å². The molecular weight excluding hydrogens is 292 g/mol. The van der Waals surface area contributed by atoms with E-state index in [1.165, 1.54) is 18.5 Å². The summed E-state index contributed by atoms with van der Waals surface area (Å²) in [6, 6.07) is 1.48. The van der Waals surface area contributed by atoms with Crippen molar-refractivity contribution in [3.8, 4) is 0 Å². The lowest BCUT2D eigenvalue weighted by Crippen LogP contribution is -2.31. The van der Waals surface area contributed by atoms with Crippen LogP contribution in [0.5, 0.6) is 0 Å². The molecule has 0 aliphatic carbocycles. The number of rotatable bonds is 4. The molecule has 4 nitrogen and oxygen atoms in total. The molecule has 1 N–H and O–H groups in total. The van der Waals surface area contributed by atoms with E-state index in [0.717, 1.165) is 24.3 Å². The molecule has 2 heterocycles. The highest BCUT2D eigenvalue weighted by molar-refractivity contribution is 7.99. The minimum Gasteiger partial charge on any atom is -0.263 e. The Balaban J connectivity index is 2.01. The van der Waals surface area contributed by atoms with E-state index in [0.29, 0.717) is 12.5 Å². The van der Waals surface area contributed by atoms with Gasteiger partial charge in [0.1, 0.15) is 4.90 Å². The van der Waals surface area contributed by atoms with Gasteiger partial charge in [-0.2, -0.15) is 11.8 Å². The van der Waals surface area contributed by atoms with Crippen molar-refractivity contribution >= 4 is 33.4 Å². The minimum absolute atomic E-state index is 0.0526. The SMILES string of the molecule is O=S(=O)(NCC1CCSCC1)c1cnccc1Cl. The Labute approximate surface area is 117 Å². The first-order valence-electron chi connectivity index (χ1n) is 5.76. The summed E-state index contributed by atoms with van der Waals surface area (Å²) in [6.07, 6.45) is 4.88. The van der Waals surface area contributed by atoms with Crippen molar-refractivity contribution in [3.05, 3.63) is 23.5 Å². The Morgan fingerprint density at radius 1 is 1.44 bits per heavy atom. The zero-order valence-electron chi connectivity index (χ0n) is 9.80. The second kappa shape index (κ2) is 6.23. The summed E-state index contributed by atoms with van der Waals surface area (Å²) < 4.78 is 26.7. The van der Waals surface area contributed by atoms with E-state index in [-0.39, 0.29) is 9.92 Å². The smallest absolute Gasteiger partial charge is 0.243 e. The fourth-order valence-electron chi connectivity index (χ4n) is 1.82. The summed E-state index contributed by atoms with van der Waals surface area (Å²) in [6.45, 7) is 0.480. The van der Waals surface area contributed by atoms with Crippen LogP contribution in [-0.4, -0.2) is 31.5 Å². The molecule has 0 unspecified atom stereocenters. The number of nitrogens with one attached hydrogen (secondary N) is 1. The molecule has 18 heavy (non-hydrogen) atoms. The number of aromatic nitrogens is 1. The number of hydrogen-bond acceptors (Lipinski definition) is 4. The van der Waals surface area contributed by atoms with Gasteiger partial charge in [-0.05, 0) is 36.3 Å². The highest BCUT2D eigenvalue weighted by Gasteiger charge is 2.21. The number of halogens is 1. The van der Waals surface area contributed by atoms with Crippen molar-refractivity contribution in [1.29, 1.82) is 0 Å². The lowest BCUT2D eigenvalue weighted by atomic mass is 10.0. The molecule has 1 aromatic rings. The highest BCUT2D eigenvalue weighted by atomic mass is 35.5. The standard InChI is InChI=1S/C11H15ClN2O2S2/c12-10-1-4-13-8-11(10)18(15,16)14-7-9-2-5-17-6-3-9/h1,4,8-9,14H,2-3,5-7H2. The van der Waals surface area contributed by atoms with Crippen LogP contribution < -0.4 is 4.72 Å². The average molecular weight is 307 g/mol. The van der Waals surface area contributed by atoms with Gasteiger partial charge in [-0.1, -0.05) is 11.6 Å². The van der Waals surface area contributed by atoms with Crippen LogP contribution in [-0.2, 0) is 10.0 Å². The summed E-state index contributed by atoms with van der Waals surface area (Å²) in [5.41, 5.74) is 0. The molecule has 2 rings (SSSR count). The first-order chi connectivity index (χ1) is 8.59. The van der Waals surface area contributed by atoms with Crippen LogP contribution in [0, 0.1) is 5.92 Å². The largest absolute Gasteiger partial charge is 0.263 e. The summed E-state index contributed by atoms with van der Waals surface area (Å²) in [7, 11) is -3.54. The summed E-state index contributed by atoms with van der Waals surface area (Å²) in [5.74, 6) is 2.65. The van der Waals surface area contributed by atoms with E-state index in [4.69, 9.17) is 11.6 Å². The second-order valence-corrected chi connectivity index (χ2v) is 7.58. The molecule has 0 amide bonds. The molecular formula is C11H15ClN2O2S2. The van der Waals surface area contributed by atoms with E-state index < -0.39 is 10.0 Å². The molecule has 1 aromatic heterocycles. The van der Waals surface area contributed by atoms with E-state index >= 15 is 0 Å². The number of sulfonamides is 1. The van der Waals surface area contributed by atoms with Crippen LogP contribution in [0.3, 0.4) is 0 Å². The number of hydrogen-bond donors (Lipinski definition) is 1. The molecule has 1 fully saturated rings. The first kappa shape index (κ1) is 14.1. The third-order valence-corrected chi connectivity index (χ3v) is 5.87. The topological polar surface area (TPSA) is 59.1 Å². The van der Waals surface area contributed by atoms with Gasteiger partial charge in [-0.25, -0.2) is 13.1 Å². The predicted molar refractivity (Wildman–Crippen MR) is 74.5 cm³/mol. The minimum atomic E-state index is -3.54. The third-order valence-electron chi connectivity index (χ3n) is 2.93. The zero-order valence-corrected chi connectivity index (χ0v) is 12.2. The van der Waals surface area contributed by atoms with Crippen molar-refractivity contribution in [2.24, 2.45) is 5.92 Å². The highest BCUT2D eigenvalue weighted by Crippen LogP contribution is 2.23. The van der Waals surface area contributed by atoms with E-state index in [1.807, 2.05) is 11.8 Å². The van der Waals surface area contributed by atoms with Crippen molar-refractivity contribution in [3.63, 3.8) is 0 Å². The summed E-state index contributed by atoms with van der Waals surface area (Å²) >= 11 is 7.79. The maximum Gasteiger partial charge on any atom is 0.243 e. The Kier molecular flexibility index (Phi) is 4.89. The molecule has 0 saturated carbocycles. The molecule has 0 aromatic carbocycles. The normalized spacial score (nSPS) is 17.8. The van der Waals surface area contributed by atoms with Crippen LogP contribution in [0.2, 0.25) is 5.02 Å². The fraction of sp³-hybridized carbons (Fsp3) is 0.545. The monoisotopic (exact) mass is 306 g/mol. The van der Waals surface area contributed by atoms with Gasteiger partial charge in [-0.15, -0.1) is 0 Å². The molecule has 0 bridgehead atoms. The van der Waals surface area contributed by atoms with E-state index in [2.05, 4.69) is 9.71 Å². The number of thioether (sulfide) groups is 1. The van der Waals surface area contributed by atoms with E-state index in [1.54, 1.807) is 0 Å². The van der Waals surface area contributed by atoms with Crippen molar-refractivity contribution < 1.29 is 8.42 Å². The quantitative estimate of drug-likeness (QED) is 0.926. The molecule has 0 spiro atoms. The molecule has 100 valence electrons. The fourth-order valence-corrected chi connectivity index (χ4v) is 4.57. The Hall–Kier alpha value is -0.300. The van der Waals surface area contributed by atoms with Gasteiger partial charge in [0.25, 0.3) is 0 Å². The van der Waals surface area contributed by atoms with Crippen LogP contribution in [0.4, 0.5) is 0 Å². The van der Waals surface area contributed by atoms with Crippen LogP contribution in [0.25, 0.3) is 0 Å². The first-order valence-corrected chi connectivity index (χ1v) is 8.78. The number of nitrogens with zero attached hydrogens (tertiary/aromatic N) is 1. The second-order valence-electron chi connectivity index (χ2n) is 4.21. The zero-order chi connectivity index (χ0) is 13.0. The predicted octanol–water partition coefficient (Wildman–Crippen LogP) is 2.16. The van der Waals surface area contributed by atoms with Gasteiger partial charge < -0.3 is 0 Å². The van der Waals surface area contributed by atoms with Gasteiger partial charge in [0, 0.05) is 18.9 Å². The van der Waals surface area contributed by atoms with Crippen molar-refractivity contribution in [1.82, 2.24) is 9.71 Å². The molecule has 7 heteroatoms. The van der Waals surface area contributed by atoms with Gasteiger partial charge in [0.2, 0.25) is 10.0 Å². The molecule has 0 radical (unpaired) electrons. The molecule has 0 atom stereocenters. The molecule has 1 saturated heterocycles. The van der Waals surface area contributed by atoms with Gasteiger partial charge in [-0.3, -0.25) is 4.98 Å². The van der Waals surface area contributed by atoms with Gasteiger partial charge in [0.05, 0.1) is 5.02 Å². The maximum absolute atomic E-state index is 12.1. The maximum atomic E-state index is 12.1. The Morgan fingerprint density at radius 3 is 2.83 bits per heavy atom.